The van der Waals surface area contributed by atoms with Gasteiger partial charge in [0.05, 0.1) is 12.2 Å². The molecule has 17 heavy (non-hydrogen) atoms. The van der Waals surface area contributed by atoms with Gasteiger partial charge in [0.2, 0.25) is 0 Å². The zero-order chi connectivity index (χ0) is 12.8. The van der Waals surface area contributed by atoms with Gasteiger partial charge in [-0.1, -0.05) is 0 Å². The van der Waals surface area contributed by atoms with Crippen LogP contribution < -0.4 is 5.32 Å². The summed E-state index contributed by atoms with van der Waals surface area (Å²) in [5.74, 6) is -0.257. The fourth-order valence-electron chi connectivity index (χ4n) is 1.71. The van der Waals surface area contributed by atoms with Crippen molar-refractivity contribution in [3.8, 4) is 0 Å². The maximum Gasteiger partial charge on any atom is 0.325 e. The first-order valence-electron chi connectivity index (χ1n) is 5.38. The summed E-state index contributed by atoms with van der Waals surface area (Å²) in [4.78, 5) is 30.3. The lowest BCUT2D eigenvalue weighted by Crippen LogP contribution is -2.43. The molecule has 1 aromatic rings. The lowest BCUT2D eigenvalue weighted by molar-refractivity contribution is -0.125. The van der Waals surface area contributed by atoms with Crippen LogP contribution in [-0.2, 0) is 11.3 Å². The fourth-order valence-corrected chi connectivity index (χ4v) is 2.63. The van der Waals surface area contributed by atoms with E-state index in [4.69, 9.17) is 0 Å². The highest BCUT2D eigenvalue weighted by Gasteiger charge is 2.45. The minimum atomic E-state index is -0.801. The zero-order valence-corrected chi connectivity index (χ0v) is 11.1. The highest BCUT2D eigenvalue weighted by atomic mass is 32.1. The van der Waals surface area contributed by atoms with Crippen molar-refractivity contribution in [2.45, 2.75) is 39.8 Å². The van der Waals surface area contributed by atoms with Crippen LogP contribution in [0.15, 0.2) is 0 Å². The molecule has 0 saturated carbocycles. The Morgan fingerprint density at radius 1 is 1.35 bits per heavy atom. The van der Waals surface area contributed by atoms with Crippen LogP contribution in [0.3, 0.4) is 0 Å². The molecular formula is C11H15N3O2S. The van der Waals surface area contributed by atoms with Gasteiger partial charge < -0.3 is 4.90 Å². The van der Waals surface area contributed by atoms with Gasteiger partial charge in [-0.15, -0.1) is 11.3 Å². The first-order chi connectivity index (χ1) is 7.82. The number of aromatic nitrogens is 1. The number of amides is 3. The quantitative estimate of drug-likeness (QED) is 0.814. The van der Waals surface area contributed by atoms with Gasteiger partial charge in [-0.05, 0) is 27.7 Å². The Hall–Kier alpha value is -1.43. The third-order valence-corrected chi connectivity index (χ3v) is 4.12. The first kappa shape index (κ1) is 12.0. The number of nitrogens with one attached hydrogen (secondary N) is 1. The van der Waals surface area contributed by atoms with E-state index >= 15 is 0 Å². The summed E-state index contributed by atoms with van der Waals surface area (Å²) in [7, 11) is 0. The second-order valence-corrected chi connectivity index (χ2v) is 5.94. The highest BCUT2D eigenvalue weighted by Crippen LogP contribution is 2.25. The largest absolute Gasteiger partial charge is 0.325 e. The Morgan fingerprint density at radius 2 is 2.00 bits per heavy atom. The summed E-state index contributed by atoms with van der Waals surface area (Å²) in [6.45, 7) is 7.79. The van der Waals surface area contributed by atoms with Crippen molar-refractivity contribution in [1.82, 2.24) is 15.2 Å². The number of hydrogen-bond acceptors (Lipinski definition) is 4. The van der Waals surface area contributed by atoms with Crippen LogP contribution in [0, 0.1) is 13.8 Å². The number of carbonyl (C=O) groups excluding carboxylic acids is 2. The van der Waals surface area contributed by atoms with Gasteiger partial charge in [0.25, 0.3) is 5.91 Å². The number of thiazole rings is 1. The Bertz CT molecular complexity index is 473. The molecule has 1 fully saturated rings. The number of aryl methyl sites for hydroxylation is 2. The van der Waals surface area contributed by atoms with Crippen LogP contribution in [0.4, 0.5) is 4.79 Å². The van der Waals surface area contributed by atoms with Crippen molar-refractivity contribution >= 4 is 23.3 Å². The SMILES string of the molecule is Cc1nc(CN2C(=O)NC(=O)C2(C)C)sc1C. The van der Waals surface area contributed by atoms with Crippen molar-refractivity contribution in [2.24, 2.45) is 0 Å². The molecule has 1 N–H and O–H groups in total. The maximum absolute atomic E-state index is 11.7. The summed E-state index contributed by atoms with van der Waals surface area (Å²) >= 11 is 1.56. The maximum atomic E-state index is 11.7. The minimum Gasteiger partial charge on any atom is -0.304 e. The Balaban J connectivity index is 2.24. The van der Waals surface area contributed by atoms with Crippen molar-refractivity contribution < 1.29 is 9.59 Å². The van der Waals surface area contributed by atoms with Crippen LogP contribution in [0.1, 0.15) is 29.4 Å². The highest BCUT2D eigenvalue weighted by molar-refractivity contribution is 7.11. The number of urea groups is 1. The predicted octanol–water partition coefficient (Wildman–Crippen LogP) is 1.59. The minimum absolute atomic E-state index is 0.257. The lowest BCUT2D eigenvalue weighted by atomic mass is 10.1. The molecule has 0 bridgehead atoms. The molecule has 2 heterocycles. The second kappa shape index (κ2) is 3.80. The lowest BCUT2D eigenvalue weighted by Gasteiger charge is -2.26. The number of rotatable bonds is 2. The van der Waals surface area contributed by atoms with Gasteiger partial charge in [0.15, 0.2) is 0 Å². The van der Waals surface area contributed by atoms with Crippen LogP contribution in [0.5, 0.6) is 0 Å². The zero-order valence-electron chi connectivity index (χ0n) is 10.3. The van der Waals surface area contributed by atoms with Crippen molar-refractivity contribution in [3.63, 3.8) is 0 Å². The van der Waals surface area contributed by atoms with E-state index in [0.717, 1.165) is 15.6 Å². The smallest absolute Gasteiger partial charge is 0.304 e. The third kappa shape index (κ3) is 1.93. The summed E-state index contributed by atoms with van der Waals surface area (Å²) in [6, 6.07) is -0.342. The molecule has 0 atom stereocenters. The molecule has 0 aromatic carbocycles. The first-order valence-corrected chi connectivity index (χ1v) is 6.20. The molecule has 0 aliphatic carbocycles. The molecule has 0 spiro atoms. The van der Waals surface area contributed by atoms with Gasteiger partial charge >= 0.3 is 6.03 Å². The molecule has 92 valence electrons. The van der Waals surface area contributed by atoms with E-state index in [9.17, 15) is 9.59 Å². The summed E-state index contributed by atoms with van der Waals surface area (Å²) < 4.78 is 0. The van der Waals surface area contributed by atoms with E-state index in [0.29, 0.717) is 6.54 Å². The Kier molecular flexibility index (Phi) is 2.69. The average Bonchev–Trinajstić information content (AvgIpc) is 2.61. The normalized spacial score (nSPS) is 18.7. The summed E-state index contributed by atoms with van der Waals surface area (Å²) in [5, 5.41) is 3.18. The van der Waals surface area contributed by atoms with Gasteiger partial charge in [-0.3, -0.25) is 10.1 Å². The number of imide groups is 1. The molecule has 5 nitrogen and oxygen atoms in total. The van der Waals surface area contributed by atoms with E-state index in [1.807, 2.05) is 13.8 Å². The van der Waals surface area contributed by atoms with Crippen LogP contribution >= 0.6 is 11.3 Å². The molecule has 1 aliphatic rings. The molecule has 2 rings (SSSR count). The number of hydrogen-bond donors (Lipinski definition) is 1. The summed E-state index contributed by atoms with van der Waals surface area (Å²) in [6.07, 6.45) is 0. The van der Waals surface area contributed by atoms with Crippen molar-refractivity contribution in [2.75, 3.05) is 0 Å². The van der Waals surface area contributed by atoms with E-state index < -0.39 is 5.54 Å². The molecule has 1 aromatic heterocycles. The van der Waals surface area contributed by atoms with E-state index in [1.165, 1.54) is 4.90 Å². The second-order valence-electron chi connectivity index (χ2n) is 4.65. The van der Waals surface area contributed by atoms with E-state index in [-0.39, 0.29) is 11.9 Å². The van der Waals surface area contributed by atoms with Gasteiger partial charge in [0, 0.05) is 4.88 Å². The third-order valence-electron chi connectivity index (χ3n) is 3.06. The molecule has 6 heteroatoms. The number of nitrogens with zero attached hydrogens (tertiary/aromatic N) is 2. The predicted molar refractivity (Wildman–Crippen MR) is 64.7 cm³/mol. The van der Waals surface area contributed by atoms with Crippen LogP contribution in [0.25, 0.3) is 0 Å². The number of carbonyl (C=O) groups is 2. The van der Waals surface area contributed by atoms with Crippen molar-refractivity contribution in [1.29, 1.82) is 0 Å². The van der Waals surface area contributed by atoms with Crippen LogP contribution in [-0.4, -0.2) is 27.4 Å². The van der Waals surface area contributed by atoms with Gasteiger partial charge in [-0.2, -0.15) is 0 Å². The monoisotopic (exact) mass is 253 g/mol. The Morgan fingerprint density at radius 3 is 2.41 bits per heavy atom. The molecule has 1 saturated heterocycles. The standard InChI is InChI=1S/C11H15N3O2S/c1-6-7(2)17-8(12-6)5-14-10(16)13-9(15)11(14,3)4/h5H2,1-4H3,(H,13,15,16). The van der Waals surface area contributed by atoms with E-state index in [1.54, 1.807) is 25.2 Å². The van der Waals surface area contributed by atoms with E-state index in [2.05, 4.69) is 10.3 Å². The molecule has 0 unspecified atom stereocenters. The molecule has 0 radical (unpaired) electrons. The molecule has 3 amide bonds. The Labute approximate surface area is 104 Å². The van der Waals surface area contributed by atoms with Crippen LogP contribution in [0.2, 0.25) is 0 Å². The average molecular weight is 253 g/mol. The fraction of sp³-hybridized carbons (Fsp3) is 0.545. The summed E-state index contributed by atoms with van der Waals surface area (Å²) in [5.41, 5.74) is 0.179. The van der Waals surface area contributed by atoms with Gasteiger partial charge in [-0.25, -0.2) is 9.78 Å². The molecular weight excluding hydrogens is 238 g/mol. The van der Waals surface area contributed by atoms with Crippen molar-refractivity contribution in [3.05, 3.63) is 15.6 Å². The topological polar surface area (TPSA) is 62.3 Å². The molecule has 1 aliphatic heterocycles. The van der Waals surface area contributed by atoms with Gasteiger partial charge in [0.1, 0.15) is 10.5 Å².